The summed E-state index contributed by atoms with van der Waals surface area (Å²) in [5.74, 6) is -2.25. The molecule has 1 aliphatic heterocycles. The Kier molecular flexibility index (Phi) is 4.48. The lowest BCUT2D eigenvalue weighted by Gasteiger charge is -2.24. The molecule has 1 aromatic heterocycles. The number of pyridine rings is 1. The molecule has 8 nitrogen and oxygen atoms in total. The summed E-state index contributed by atoms with van der Waals surface area (Å²) in [5.41, 5.74) is 10.6. The molecule has 0 bridgehead atoms. The molecule has 10 heteroatoms. The van der Waals surface area contributed by atoms with Gasteiger partial charge in [0.05, 0.1) is 39.4 Å². The van der Waals surface area contributed by atoms with Crippen molar-refractivity contribution in [2.45, 2.75) is 31.0 Å². The van der Waals surface area contributed by atoms with Crippen molar-refractivity contribution in [1.82, 2.24) is 4.57 Å². The van der Waals surface area contributed by atoms with Gasteiger partial charge in [-0.15, -0.1) is 0 Å². The fourth-order valence-corrected chi connectivity index (χ4v) is 4.25. The molecular formula is C18H20ClFN4O4. The number of aromatic carboxylic acids is 1. The van der Waals surface area contributed by atoms with E-state index in [1.54, 1.807) is 9.47 Å². The molecule has 1 saturated carbocycles. The Balaban J connectivity index is 2.03. The molecule has 4 rings (SSSR count). The summed E-state index contributed by atoms with van der Waals surface area (Å²) in [6, 6.07) is -0.346. The van der Waals surface area contributed by atoms with Gasteiger partial charge in [0.2, 0.25) is 5.43 Å². The first-order valence-corrected chi connectivity index (χ1v) is 9.25. The SMILES string of the molecule is CO[C@@H]1CN(c2c(F)c(N)c3c(=O)c(C(=O)O)cn(C4CC4)c3c2Cl)C[C@@H]1N. The first-order valence-electron chi connectivity index (χ1n) is 8.88. The van der Waals surface area contributed by atoms with Crippen LogP contribution in [0.3, 0.4) is 0 Å². The van der Waals surface area contributed by atoms with Gasteiger partial charge >= 0.3 is 5.97 Å². The van der Waals surface area contributed by atoms with E-state index in [1.807, 2.05) is 0 Å². The number of carboxylic acids is 1. The summed E-state index contributed by atoms with van der Waals surface area (Å²) < 4.78 is 22.2. The highest BCUT2D eigenvalue weighted by atomic mass is 35.5. The van der Waals surface area contributed by atoms with Crippen molar-refractivity contribution >= 4 is 39.8 Å². The Morgan fingerprint density at radius 2 is 2.07 bits per heavy atom. The Morgan fingerprint density at radius 3 is 2.61 bits per heavy atom. The van der Waals surface area contributed by atoms with Gasteiger partial charge in [-0.1, -0.05) is 11.6 Å². The molecule has 1 aromatic carbocycles. The summed E-state index contributed by atoms with van der Waals surface area (Å²) >= 11 is 6.59. The van der Waals surface area contributed by atoms with Gasteiger partial charge in [0, 0.05) is 32.4 Å². The number of rotatable bonds is 4. The van der Waals surface area contributed by atoms with Crippen LogP contribution in [0.25, 0.3) is 10.9 Å². The summed E-state index contributed by atoms with van der Waals surface area (Å²) in [4.78, 5) is 25.9. The topological polar surface area (TPSA) is 124 Å². The average molecular weight is 411 g/mol. The number of carboxylic acid groups (broad SMARTS) is 1. The normalized spacial score (nSPS) is 22.2. The molecule has 1 aliphatic carbocycles. The third-order valence-electron chi connectivity index (χ3n) is 5.46. The van der Waals surface area contributed by atoms with Gasteiger partial charge < -0.3 is 30.8 Å². The number of carbonyl (C=O) groups is 1. The lowest BCUT2D eigenvalue weighted by atomic mass is 10.1. The van der Waals surface area contributed by atoms with Crippen LogP contribution in [0.1, 0.15) is 29.2 Å². The van der Waals surface area contributed by atoms with Gasteiger partial charge in [-0.05, 0) is 12.8 Å². The number of nitrogens with zero attached hydrogens (tertiary/aromatic N) is 2. The van der Waals surface area contributed by atoms with Crippen LogP contribution in [0, 0.1) is 5.82 Å². The number of halogens is 2. The summed E-state index contributed by atoms with van der Waals surface area (Å²) in [7, 11) is 1.53. The van der Waals surface area contributed by atoms with Crippen LogP contribution in [-0.4, -0.2) is 48.0 Å². The van der Waals surface area contributed by atoms with Gasteiger partial charge in [0.15, 0.2) is 5.82 Å². The molecule has 0 unspecified atom stereocenters. The van der Waals surface area contributed by atoms with E-state index in [9.17, 15) is 14.7 Å². The highest BCUT2D eigenvalue weighted by Gasteiger charge is 2.36. The third kappa shape index (κ3) is 2.73. The molecule has 28 heavy (non-hydrogen) atoms. The highest BCUT2D eigenvalue weighted by molar-refractivity contribution is 6.38. The number of nitrogens with two attached hydrogens (primary N) is 2. The van der Waals surface area contributed by atoms with E-state index in [0.29, 0.717) is 13.1 Å². The van der Waals surface area contributed by atoms with Crippen molar-refractivity contribution in [3.05, 3.63) is 32.8 Å². The van der Waals surface area contributed by atoms with Crippen molar-refractivity contribution in [3.63, 3.8) is 0 Å². The quantitative estimate of drug-likeness (QED) is 0.653. The second kappa shape index (κ2) is 6.61. The number of nitrogen functional groups attached to an aromatic ring is 1. The number of hydrogen-bond acceptors (Lipinski definition) is 6. The van der Waals surface area contributed by atoms with Gasteiger partial charge in [0.25, 0.3) is 0 Å². The Bertz CT molecular complexity index is 1050. The highest BCUT2D eigenvalue weighted by Crippen LogP contribution is 2.44. The zero-order chi connectivity index (χ0) is 20.3. The monoisotopic (exact) mass is 410 g/mol. The van der Waals surface area contributed by atoms with Gasteiger partial charge in [0.1, 0.15) is 5.56 Å². The maximum Gasteiger partial charge on any atom is 0.341 e. The third-order valence-corrected chi connectivity index (χ3v) is 5.82. The molecule has 0 radical (unpaired) electrons. The molecule has 5 N–H and O–H groups in total. The lowest BCUT2D eigenvalue weighted by molar-refractivity contribution is 0.0695. The molecule has 2 atom stereocenters. The predicted octanol–water partition coefficient (Wildman–Crippen LogP) is 1.57. The minimum atomic E-state index is -1.39. The van der Waals surface area contributed by atoms with E-state index < -0.39 is 28.5 Å². The van der Waals surface area contributed by atoms with Crippen LogP contribution in [0.4, 0.5) is 15.8 Å². The van der Waals surface area contributed by atoms with Crippen LogP contribution in [-0.2, 0) is 4.74 Å². The molecule has 0 spiro atoms. The van der Waals surface area contributed by atoms with Crippen LogP contribution in [0.5, 0.6) is 0 Å². The molecule has 150 valence electrons. The average Bonchev–Trinajstić information content (AvgIpc) is 3.42. The number of anilines is 2. The van der Waals surface area contributed by atoms with Crippen LogP contribution in [0.2, 0.25) is 5.02 Å². The van der Waals surface area contributed by atoms with Crippen molar-refractivity contribution < 1.29 is 19.0 Å². The minimum absolute atomic E-state index is 0.0102. The summed E-state index contributed by atoms with van der Waals surface area (Å²) in [5, 5.41) is 9.19. The van der Waals surface area contributed by atoms with E-state index in [4.69, 9.17) is 27.8 Å². The number of hydrogen-bond donors (Lipinski definition) is 3. The molecule has 0 amide bonds. The number of benzene rings is 1. The first kappa shape index (κ1) is 19.0. The standard InChI is InChI=1S/C18H20ClFN4O4/c1-28-10-6-23(5-9(10)21)16-12(19)15-11(14(22)13(16)20)17(25)8(18(26)27)4-24(15)7-2-3-7/h4,7,9-10H,2-3,5-6,21-22H2,1H3,(H,26,27)/t9-,10+/m0/s1. The predicted molar refractivity (Wildman–Crippen MR) is 104 cm³/mol. The molecule has 2 aromatic rings. The fraction of sp³-hybridized carbons (Fsp3) is 0.444. The summed E-state index contributed by atoms with van der Waals surface area (Å²) in [6.07, 6.45) is 2.58. The number of ether oxygens (including phenoxy) is 1. The fourth-order valence-electron chi connectivity index (χ4n) is 3.85. The number of fused-ring (bicyclic) bond motifs is 1. The molecule has 2 fully saturated rings. The van der Waals surface area contributed by atoms with E-state index in [2.05, 4.69) is 0 Å². The van der Waals surface area contributed by atoms with Gasteiger partial charge in [-0.2, -0.15) is 0 Å². The Hall–Kier alpha value is -2.36. The molecule has 2 heterocycles. The van der Waals surface area contributed by atoms with E-state index in [0.717, 1.165) is 12.8 Å². The lowest BCUT2D eigenvalue weighted by Crippen LogP contribution is -2.34. The van der Waals surface area contributed by atoms with Crippen molar-refractivity contribution in [3.8, 4) is 0 Å². The molecule has 2 aliphatic rings. The summed E-state index contributed by atoms with van der Waals surface area (Å²) in [6.45, 7) is 0.626. The maximum atomic E-state index is 15.2. The van der Waals surface area contributed by atoms with E-state index in [1.165, 1.54) is 13.3 Å². The van der Waals surface area contributed by atoms with Crippen molar-refractivity contribution in [2.75, 3.05) is 30.8 Å². The van der Waals surface area contributed by atoms with Crippen LogP contribution in [0.15, 0.2) is 11.0 Å². The number of methoxy groups -OCH3 is 1. The zero-order valence-electron chi connectivity index (χ0n) is 15.1. The zero-order valence-corrected chi connectivity index (χ0v) is 15.9. The molecule has 1 saturated heterocycles. The van der Waals surface area contributed by atoms with Crippen LogP contribution < -0.4 is 21.8 Å². The number of aromatic nitrogens is 1. The molecular weight excluding hydrogens is 391 g/mol. The first-order chi connectivity index (χ1) is 13.3. The van der Waals surface area contributed by atoms with Crippen LogP contribution >= 0.6 is 11.6 Å². The smallest absolute Gasteiger partial charge is 0.341 e. The second-order valence-corrected chi connectivity index (χ2v) is 7.65. The minimum Gasteiger partial charge on any atom is -0.477 e. The Morgan fingerprint density at radius 1 is 1.39 bits per heavy atom. The Labute approximate surface area is 164 Å². The van der Waals surface area contributed by atoms with E-state index >= 15 is 4.39 Å². The van der Waals surface area contributed by atoms with Crippen molar-refractivity contribution in [2.24, 2.45) is 5.73 Å². The van der Waals surface area contributed by atoms with Crippen molar-refractivity contribution in [1.29, 1.82) is 0 Å². The van der Waals surface area contributed by atoms with Gasteiger partial charge in [-0.25, -0.2) is 9.18 Å². The van der Waals surface area contributed by atoms with E-state index in [-0.39, 0.29) is 39.8 Å². The maximum absolute atomic E-state index is 15.2. The second-order valence-electron chi connectivity index (χ2n) is 7.27. The largest absolute Gasteiger partial charge is 0.477 e. The van der Waals surface area contributed by atoms with Gasteiger partial charge in [-0.3, -0.25) is 4.79 Å².